The van der Waals surface area contributed by atoms with Crippen LogP contribution in [-0.2, 0) is 0 Å². The number of halogens is 2. The van der Waals surface area contributed by atoms with Crippen molar-refractivity contribution in [3.05, 3.63) is 0 Å². The molecule has 0 saturated heterocycles. The molecular formula is C11H21F2N. The zero-order valence-electron chi connectivity index (χ0n) is 9.10. The van der Waals surface area contributed by atoms with Gasteiger partial charge in [0.05, 0.1) is 5.54 Å². The summed E-state index contributed by atoms with van der Waals surface area (Å²) >= 11 is 0. The molecule has 0 bridgehead atoms. The van der Waals surface area contributed by atoms with Crippen LogP contribution in [0.3, 0.4) is 0 Å². The molecule has 0 radical (unpaired) electrons. The van der Waals surface area contributed by atoms with E-state index in [4.69, 9.17) is 5.73 Å². The van der Waals surface area contributed by atoms with Gasteiger partial charge in [-0.3, -0.25) is 0 Å². The predicted octanol–water partition coefficient (Wildman–Crippen LogP) is 3.19. The first kappa shape index (κ1) is 11.9. The quantitative estimate of drug-likeness (QED) is 0.752. The minimum atomic E-state index is -2.40. The summed E-state index contributed by atoms with van der Waals surface area (Å²) in [5, 5.41) is 0. The van der Waals surface area contributed by atoms with Crippen LogP contribution in [0.15, 0.2) is 0 Å². The average molecular weight is 205 g/mol. The van der Waals surface area contributed by atoms with Gasteiger partial charge in [0.2, 0.25) is 0 Å². The maximum absolute atomic E-state index is 12.7. The van der Waals surface area contributed by atoms with E-state index >= 15 is 0 Å². The Bertz CT molecular complexity index is 172. The van der Waals surface area contributed by atoms with Crippen LogP contribution in [0.4, 0.5) is 8.78 Å². The van der Waals surface area contributed by atoms with Crippen LogP contribution < -0.4 is 5.73 Å². The van der Waals surface area contributed by atoms with Gasteiger partial charge in [-0.2, -0.15) is 0 Å². The normalized spacial score (nSPS) is 33.0. The zero-order valence-corrected chi connectivity index (χ0v) is 9.10. The fourth-order valence-corrected chi connectivity index (χ4v) is 2.37. The van der Waals surface area contributed by atoms with E-state index in [1.807, 2.05) is 0 Å². The minimum Gasteiger partial charge on any atom is -0.320 e. The summed E-state index contributed by atoms with van der Waals surface area (Å²) in [6.45, 7) is 3.66. The molecule has 0 aromatic rings. The van der Waals surface area contributed by atoms with E-state index in [1.54, 1.807) is 0 Å². The lowest BCUT2D eigenvalue weighted by Gasteiger charge is -2.38. The minimum absolute atomic E-state index is 0.00491. The van der Waals surface area contributed by atoms with E-state index in [0.29, 0.717) is 0 Å². The lowest BCUT2D eigenvalue weighted by Crippen LogP contribution is -2.51. The third-order valence-corrected chi connectivity index (χ3v) is 3.77. The third kappa shape index (κ3) is 2.44. The Kier molecular flexibility index (Phi) is 3.87. The smallest absolute Gasteiger partial charge is 0.256 e. The lowest BCUT2D eigenvalue weighted by atomic mass is 9.72. The molecule has 84 valence electrons. The number of hydrogen-bond acceptors (Lipinski definition) is 1. The standard InChI is InChI=1S/C11H21F2N/c1-3-8-4-6-9(7-5-8)11(2,14)10(12)13/h8-10H,3-7,14H2,1-2H3. The van der Waals surface area contributed by atoms with Crippen molar-refractivity contribution in [3.8, 4) is 0 Å². The summed E-state index contributed by atoms with van der Waals surface area (Å²) in [7, 11) is 0. The van der Waals surface area contributed by atoms with Crippen molar-refractivity contribution in [3.63, 3.8) is 0 Å². The van der Waals surface area contributed by atoms with E-state index < -0.39 is 12.0 Å². The second-order valence-corrected chi connectivity index (χ2v) is 4.79. The molecule has 2 N–H and O–H groups in total. The Morgan fingerprint density at radius 1 is 1.29 bits per heavy atom. The Balaban J connectivity index is 2.48. The molecule has 0 aromatic carbocycles. The van der Waals surface area contributed by atoms with Crippen molar-refractivity contribution in [1.29, 1.82) is 0 Å². The Hall–Kier alpha value is -0.180. The highest BCUT2D eigenvalue weighted by Gasteiger charge is 2.40. The van der Waals surface area contributed by atoms with Gasteiger partial charge in [0.1, 0.15) is 0 Å². The summed E-state index contributed by atoms with van der Waals surface area (Å²) in [5.41, 5.74) is 4.39. The van der Waals surface area contributed by atoms with Crippen LogP contribution in [0.5, 0.6) is 0 Å². The molecule has 1 saturated carbocycles. The molecule has 1 atom stereocenters. The number of alkyl halides is 2. The highest BCUT2D eigenvalue weighted by Crippen LogP contribution is 2.37. The van der Waals surface area contributed by atoms with Gasteiger partial charge < -0.3 is 5.73 Å². The molecule has 1 aliphatic rings. The second-order valence-electron chi connectivity index (χ2n) is 4.79. The Labute approximate surface area is 85.1 Å². The van der Waals surface area contributed by atoms with Gasteiger partial charge in [-0.15, -0.1) is 0 Å². The molecule has 1 aliphatic carbocycles. The van der Waals surface area contributed by atoms with Crippen molar-refractivity contribution in [2.75, 3.05) is 0 Å². The molecule has 3 heteroatoms. The van der Waals surface area contributed by atoms with E-state index in [0.717, 1.165) is 31.6 Å². The van der Waals surface area contributed by atoms with Gasteiger partial charge in [0.25, 0.3) is 6.43 Å². The van der Waals surface area contributed by atoms with Gasteiger partial charge in [0.15, 0.2) is 0 Å². The fourth-order valence-electron chi connectivity index (χ4n) is 2.37. The molecular weight excluding hydrogens is 184 g/mol. The maximum Gasteiger partial charge on any atom is 0.256 e. The number of hydrogen-bond donors (Lipinski definition) is 1. The van der Waals surface area contributed by atoms with Crippen molar-refractivity contribution in [1.82, 2.24) is 0 Å². The van der Waals surface area contributed by atoms with Crippen molar-refractivity contribution in [2.24, 2.45) is 17.6 Å². The molecule has 14 heavy (non-hydrogen) atoms. The van der Waals surface area contributed by atoms with Gasteiger partial charge in [-0.05, 0) is 31.6 Å². The summed E-state index contributed by atoms with van der Waals surface area (Å²) in [6.07, 6.45) is 2.65. The third-order valence-electron chi connectivity index (χ3n) is 3.77. The van der Waals surface area contributed by atoms with E-state index in [2.05, 4.69) is 6.92 Å². The summed E-state index contributed by atoms with van der Waals surface area (Å²) in [4.78, 5) is 0. The summed E-state index contributed by atoms with van der Waals surface area (Å²) in [6, 6.07) is 0. The van der Waals surface area contributed by atoms with Crippen LogP contribution in [0.2, 0.25) is 0 Å². The predicted molar refractivity (Wildman–Crippen MR) is 54.3 cm³/mol. The van der Waals surface area contributed by atoms with Crippen molar-refractivity contribution < 1.29 is 8.78 Å². The molecule has 0 aliphatic heterocycles. The topological polar surface area (TPSA) is 26.0 Å². The summed E-state index contributed by atoms with van der Waals surface area (Å²) < 4.78 is 25.3. The maximum atomic E-state index is 12.7. The molecule has 0 amide bonds. The van der Waals surface area contributed by atoms with Gasteiger partial charge in [-0.25, -0.2) is 8.78 Å². The van der Waals surface area contributed by atoms with Crippen molar-refractivity contribution >= 4 is 0 Å². The molecule has 1 fully saturated rings. The van der Waals surface area contributed by atoms with E-state index in [9.17, 15) is 8.78 Å². The van der Waals surface area contributed by atoms with Gasteiger partial charge in [-0.1, -0.05) is 26.2 Å². The first-order valence-electron chi connectivity index (χ1n) is 5.55. The van der Waals surface area contributed by atoms with Crippen LogP contribution in [-0.4, -0.2) is 12.0 Å². The first-order chi connectivity index (χ1) is 6.48. The molecule has 0 aromatic heterocycles. The molecule has 1 nitrogen and oxygen atoms in total. The summed E-state index contributed by atoms with van der Waals surface area (Å²) in [5.74, 6) is 0.741. The van der Waals surface area contributed by atoms with Gasteiger partial charge >= 0.3 is 0 Å². The van der Waals surface area contributed by atoms with Gasteiger partial charge in [0, 0.05) is 0 Å². The SMILES string of the molecule is CCC1CCC(C(C)(N)C(F)F)CC1. The molecule has 1 unspecified atom stereocenters. The van der Waals surface area contributed by atoms with Crippen LogP contribution in [0.1, 0.15) is 46.0 Å². The zero-order chi connectivity index (χ0) is 10.8. The van der Waals surface area contributed by atoms with Crippen LogP contribution in [0.25, 0.3) is 0 Å². The second kappa shape index (κ2) is 4.56. The molecule has 0 spiro atoms. The van der Waals surface area contributed by atoms with Crippen LogP contribution in [0, 0.1) is 11.8 Å². The highest BCUT2D eigenvalue weighted by molar-refractivity contribution is 4.91. The number of nitrogens with two attached hydrogens (primary N) is 1. The average Bonchev–Trinajstić information content (AvgIpc) is 2.17. The molecule has 0 heterocycles. The van der Waals surface area contributed by atoms with Crippen molar-refractivity contribution in [2.45, 2.75) is 57.9 Å². The largest absolute Gasteiger partial charge is 0.320 e. The van der Waals surface area contributed by atoms with Crippen LogP contribution >= 0.6 is 0 Å². The first-order valence-corrected chi connectivity index (χ1v) is 5.55. The molecule has 1 rings (SSSR count). The number of rotatable bonds is 3. The highest BCUT2D eigenvalue weighted by atomic mass is 19.3. The Morgan fingerprint density at radius 3 is 2.14 bits per heavy atom. The van der Waals surface area contributed by atoms with E-state index in [1.165, 1.54) is 13.3 Å². The van der Waals surface area contributed by atoms with E-state index in [-0.39, 0.29) is 5.92 Å². The lowest BCUT2D eigenvalue weighted by molar-refractivity contribution is 0.0121. The Morgan fingerprint density at radius 2 is 1.79 bits per heavy atom. The monoisotopic (exact) mass is 205 g/mol. The fraction of sp³-hybridized carbons (Fsp3) is 1.00.